The molecule has 0 N–H and O–H groups in total. The first kappa shape index (κ1) is 9.65. The van der Waals surface area contributed by atoms with Gasteiger partial charge in [0.15, 0.2) is 0 Å². The Morgan fingerprint density at radius 1 is 1.75 bits per heavy atom. The molecule has 0 bridgehead atoms. The lowest BCUT2D eigenvalue weighted by Crippen LogP contribution is -1.85. The fraction of sp³-hybridized carbons (Fsp3) is 0.375. The normalized spacial score (nSPS) is 12.2. The summed E-state index contributed by atoms with van der Waals surface area (Å²) in [6.07, 6.45) is 1.56. The summed E-state index contributed by atoms with van der Waals surface area (Å²) in [5.74, 6) is 0. The number of thiophene rings is 1. The molecule has 64 valence electrons. The molecule has 1 aromatic heterocycles. The molecule has 0 aromatic carbocycles. The van der Waals surface area contributed by atoms with Crippen molar-refractivity contribution in [1.82, 2.24) is 0 Å². The molecule has 1 aromatic rings. The van der Waals surface area contributed by atoms with Crippen LogP contribution in [0.5, 0.6) is 0 Å². The summed E-state index contributed by atoms with van der Waals surface area (Å²) in [6.45, 7) is 3.89. The molecule has 0 fully saturated rings. The Hall–Kier alpha value is -0.440. The highest BCUT2D eigenvalue weighted by molar-refractivity contribution is 9.10. The number of nitrogens with zero attached hydrogens (tertiary/aromatic N) is 1. The maximum atomic E-state index is 10.0. The van der Waals surface area contributed by atoms with Gasteiger partial charge in [-0.15, -0.1) is 11.3 Å². The molecular weight excluding hydrogens is 238 g/mol. The quantitative estimate of drug-likeness (QED) is 0.582. The molecule has 0 aliphatic heterocycles. The van der Waals surface area contributed by atoms with Gasteiger partial charge in [-0.2, -0.15) is 4.99 Å². The molecule has 0 saturated heterocycles. The van der Waals surface area contributed by atoms with Crippen LogP contribution in [0.4, 0.5) is 0 Å². The standard InChI is InChI=1S/C8H8BrNOS/c1-5-3-12-8(7(5)9)6(2)10-4-11/h3,6H,1-2H3. The maximum Gasteiger partial charge on any atom is 0.235 e. The van der Waals surface area contributed by atoms with Crippen molar-refractivity contribution in [2.75, 3.05) is 0 Å². The van der Waals surface area contributed by atoms with E-state index in [0.29, 0.717) is 0 Å². The van der Waals surface area contributed by atoms with Gasteiger partial charge < -0.3 is 0 Å². The van der Waals surface area contributed by atoms with E-state index in [4.69, 9.17) is 0 Å². The van der Waals surface area contributed by atoms with E-state index in [2.05, 4.69) is 20.9 Å². The van der Waals surface area contributed by atoms with Gasteiger partial charge in [-0.25, -0.2) is 4.79 Å². The largest absolute Gasteiger partial charge is 0.235 e. The minimum absolute atomic E-state index is 0.0874. The van der Waals surface area contributed by atoms with Crippen molar-refractivity contribution >= 4 is 33.3 Å². The van der Waals surface area contributed by atoms with E-state index >= 15 is 0 Å². The Kier molecular flexibility index (Phi) is 3.20. The van der Waals surface area contributed by atoms with Crippen LogP contribution >= 0.6 is 27.3 Å². The first-order valence-electron chi connectivity index (χ1n) is 3.47. The lowest BCUT2D eigenvalue weighted by molar-refractivity contribution is 0.560. The molecule has 0 aliphatic carbocycles. The SMILES string of the molecule is Cc1csc(C(C)N=C=O)c1Br. The van der Waals surface area contributed by atoms with Gasteiger partial charge >= 0.3 is 0 Å². The van der Waals surface area contributed by atoms with Gasteiger partial charge in [0.1, 0.15) is 0 Å². The van der Waals surface area contributed by atoms with Crippen molar-refractivity contribution in [3.8, 4) is 0 Å². The van der Waals surface area contributed by atoms with Crippen molar-refractivity contribution in [2.45, 2.75) is 19.9 Å². The van der Waals surface area contributed by atoms with Gasteiger partial charge in [-0.05, 0) is 40.7 Å². The first-order chi connectivity index (χ1) is 5.66. The second-order valence-corrected chi connectivity index (χ2v) is 4.20. The van der Waals surface area contributed by atoms with Crippen molar-refractivity contribution in [3.05, 3.63) is 20.3 Å². The number of hydrogen-bond donors (Lipinski definition) is 0. The summed E-state index contributed by atoms with van der Waals surface area (Å²) in [5, 5.41) is 2.04. The van der Waals surface area contributed by atoms with Crippen LogP contribution in [0.25, 0.3) is 0 Å². The number of aliphatic imine (C=N–C) groups is 1. The Morgan fingerprint density at radius 2 is 2.42 bits per heavy atom. The average Bonchev–Trinajstić information content (AvgIpc) is 2.34. The van der Waals surface area contributed by atoms with Crippen molar-refractivity contribution < 1.29 is 4.79 Å². The lowest BCUT2D eigenvalue weighted by atomic mass is 10.2. The van der Waals surface area contributed by atoms with E-state index in [0.717, 1.165) is 9.35 Å². The number of isocyanates is 1. The molecule has 1 unspecified atom stereocenters. The maximum absolute atomic E-state index is 10.0. The predicted octanol–water partition coefficient (Wildman–Crippen LogP) is 3.22. The third-order valence-electron chi connectivity index (χ3n) is 1.55. The van der Waals surface area contributed by atoms with Gasteiger partial charge in [0.05, 0.1) is 6.04 Å². The Morgan fingerprint density at radius 3 is 2.83 bits per heavy atom. The summed E-state index contributed by atoms with van der Waals surface area (Å²) < 4.78 is 1.05. The van der Waals surface area contributed by atoms with Crippen LogP contribution in [-0.2, 0) is 4.79 Å². The number of hydrogen-bond acceptors (Lipinski definition) is 3. The third kappa shape index (κ3) is 1.83. The number of rotatable bonds is 2. The zero-order valence-electron chi connectivity index (χ0n) is 6.80. The van der Waals surface area contributed by atoms with Crippen LogP contribution in [0, 0.1) is 6.92 Å². The molecule has 12 heavy (non-hydrogen) atoms. The molecule has 1 atom stereocenters. The van der Waals surface area contributed by atoms with Gasteiger partial charge in [-0.3, -0.25) is 0 Å². The molecule has 1 rings (SSSR count). The van der Waals surface area contributed by atoms with E-state index in [1.165, 1.54) is 5.56 Å². The third-order valence-corrected chi connectivity index (χ3v) is 4.14. The summed E-state index contributed by atoms with van der Waals surface area (Å²) >= 11 is 5.05. The van der Waals surface area contributed by atoms with E-state index in [-0.39, 0.29) is 6.04 Å². The van der Waals surface area contributed by atoms with Crippen LogP contribution < -0.4 is 0 Å². The van der Waals surface area contributed by atoms with Gasteiger partial charge in [0.2, 0.25) is 6.08 Å². The number of halogens is 1. The highest BCUT2D eigenvalue weighted by Crippen LogP contribution is 2.33. The van der Waals surface area contributed by atoms with E-state index in [1.807, 2.05) is 19.2 Å². The Bertz CT molecular complexity index is 328. The van der Waals surface area contributed by atoms with Gasteiger partial charge in [0, 0.05) is 9.35 Å². The molecule has 0 radical (unpaired) electrons. The lowest BCUT2D eigenvalue weighted by Gasteiger charge is -2.00. The first-order valence-corrected chi connectivity index (χ1v) is 5.14. The molecule has 0 amide bonds. The topological polar surface area (TPSA) is 29.4 Å². The molecule has 0 saturated carbocycles. The van der Waals surface area contributed by atoms with Crippen LogP contribution in [0.15, 0.2) is 14.8 Å². The van der Waals surface area contributed by atoms with Crippen LogP contribution in [0.2, 0.25) is 0 Å². The van der Waals surface area contributed by atoms with Gasteiger partial charge in [-0.1, -0.05) is 0 Å². The summed E-state index contributed by atoms with van der Waals surface area (Å²) in [6, 6.07) is -0.0874. The monoisotopic (exact) mass is 245 g/mol. The Labute approximate surface area is 83.5 Å². The number of aryl methyl sites for hydroxylation is 1. The van der Waals surface area contributed by atoms with Crippen LogP contribution in [0.1, 0.15) is 23.4 Å². The minimum Gasteiger partial charge on any atom is -0.211 e. The fourth-order valence-electron chi connectivity index (χ4n) is 0.869. The molecule has 2 nitrogen and oxygen atoms in total. The summed E-state index contributed by atoms with van der Waals surface area (Å²) in [4.78, 5) is 14.7. The van der Waals surface area contributed by atoms with E-state index in [9.17, 15) is 4.79 Å². The second kappa shape index (κ2) is 3.99. The molecule has 0 spiro atoms. The molecular formula is C8H8BrNOS. The van der Waals surface area contributed by atoms with Crippen molar-refractivity contribution in [3.63, 3.8) is 0 Å². The molecule has 4 heteroatoms. The zero-order valence-corrected chi connectivity index (χ0v) is 9.20. The summed E-state index contributed by atoms with van der Waals surface area (Å²) in [7, 11) is 0. The Balaban J connectivity index is 3.02. The minimum atomic E-state index is -0.0874. The molecule has 1 heterocycles. The highest BCUT2D eigenvalue weighted by atomic mass is 79.9. The number of carbonyl (C=O) groups excluding carboxylic acids is 1. The van der Waals surface area contributed by atoms with Gasteiger partial charge in [0.25, 0.3) is 0 Å². The average molecular weight is 246 g/mol. The van der Waals surface area contributed by atoms with Crippen LogP contribution in [0.3, 0.4) is 0 Å². The smallest absolute Gasteiger partial charge is 0.211 e. The predicted molar refractivity (Wildman–Crippen MR) is 53.3 cm³/mol. The van der Waals surface area contributed by atoms with E-state index < -0.39 is 0 Å². The van der Waals surface area contributed by atoms with Crippen LogP contribution in [-0.4, -0.2) is 6.08 Å². The van der Waals surface area contributed by atoms with E-state index in [1.54, 1.807) is 17.4 Å². The zero-order chi connectivity index (χ0) is 9.14. The molecule has 0 aliphatic rings. The highest BCUT2D eigenvalue weighted by Gasteiger charge is 2.11. The fourth-order valence-corrected chi connectivity index (χ4v) is 2.68. The second-order valence-electron chi connectivity index (χ2n) is 2.49. The van der Waals surface area contributed by atoms with Crippen molar-refractivity contribution in [2.24, 2.45) is 4.99 Å². The summed E-state index contributed by atoms with van der Waals surface area (Å²) in [5.41, 5.74) is 1.18. The van der Waals surface area contributed by atoms with Crippen molar-refractivity contribution in [1.29, 1.82) is 0 Å².